The molecule has 23 heavy (non-hydrogen) atoms. The van der Waals surface area contributed by atoms with Crippen LogP contribution in [0.25, 0.3) is 0 Å². The number of carbonyl (C=O) groups is 2. The number of esters is 2. The van der Waals surface area contributed by atoms with Crippen LogP contribution in [0.15, 0.2) is 25.3 Å². The molecule has 5 atom stereocenters. The van der Waals surface area contributed by atoms with E-state index in [9.17, 15) is 9.59 Å². The second kappa shape index (κ2) is 6.50. The van der Waals surface area contributed by atoms with E-state index >= 15 is 0 Å². The molecule has 1 spiro atoms. The third kappa shape index (κ3) is 3.22. The molecule has 5 unspecified atom stereocenters. The molecule has 0 aromatic heterocycles. The fourth-order valence-electron chi connectivity index (χ4n) is 5.55. The maximum atomic E-state index is 11.3. The Hall–Kier alpha value is -1.58. The van der Waals surface area contributed by atoms with E-state index in [1.54, 1.807) is 0 Å². The summed E-state index contributed by atoms with van der Waals surface area (Å²) in [6.45, 7) is 7.89. The summed E-state index contributed by atoms with van der Waals surface area (Å²) in [6.07, 6.45) is 9.63. The molecule has 0 aliphatic heterocycles. The molecular weight excluding hydrogens is 292 g/mol. The van der Waals surface area contributed by atoms with Crippen LogP contribution < -0.4 is 0 Å². The van der Waals surface area contributed by atoms with Crippen molar-refractivity contribution in [3.05, 3.63) is 25.3 Å². The molecular formula is C19H26O4. The van der Waals surface area contributed by atoms with Gasteiger partial charge in [-0.05, 0) is 67.6 Å². The average molecular weight is 318 g/mol. The molecule has 3 fully saturated rings. The van der Waals surface area contributed by atoms with Crippen LogP contribution in [0.2, 0.25) is 0 Å². The smallest absolute Gasteiger partial charge is 0.330 e. The third-order valence-corrected chi connectivity index (χ3v) is 6.29. The van der Waals surface area contributed by atoms with Gasteiger partial charge in [0, 0.05) is 12.2 Å². The number of rotatable bonds is 7. The summed E-state index contributed by atoms with van der Waals surface area (Å²) in [5.41, 5.74) is 0.388. The summed E-state index contributed by atoms with van der Waals surface area (Å²) in [7, 11) is 0. The predicted octanol–water partition coefficient (Wildman–Crippen LogP) is 3.28. The fraction of sp³-hybridized carbons (Fsp3) is 0.684. The van der Waals surface area contributed by atoms with Crippen LogP contribution in [-0.2, 0) is 19.1 Å². The highest BCUT2D eigenvalue weighted by atomic mass is 16.5. The fourth-order valence-corrected chi connectivity index (χ4v) is 5.55. The molecule has 0 aromatic carbocycles. The van der Waals surface area contributed by atoms with Crippen molar-refractivity contribution < 1.29 is 19.1 Å². The lowest BCUT2D eigenvalue weighted by molar-refractivity contribution is -0.140. The standard InChI is InChI=1S/C19H26O4/c1-3-17(20)22-6-5-16-8-15-11-19(16)9-13(7-14(15)10-19)12-23-18(21)4-2/h3-4,13-16H,1-2,5-12H2. The van der Waals surface area contributed by atoms with Gasteiger partial charge in [-0.15, -0.1) is 0 Å². The summed E-state index contributed by atoms with van der Waals surface area (Å²) in [6, 6.07) is 0. The number of hydrogen-bond donors (Lipinski definition) is 0. The SMILES string of the molecule is C=CC(=O)OCCC1CC2CC13CC(COC(=O)C=C)CC2C3. The highest BCUT2D eigenvalue weighted by Gasteiger charge is 2.59. The van der Waals surface area contributed by atoms with Gasteiger partial charge in [-0.25, -0.2) is 9.59 Å². The Morgan fingerprint density at radius 1 is 1.00 bits per heavy atom. The second-order valence-corrected chi connectivity index (χ2v) is 7.52. The van der Waals surface area contributed by atoms with E-state index in [4.69, 9.17) is 9.47 Å². The zero-order valence-corrected chi connectivity index (χ0v) is 13.7. The predicted molar refractivity (Wildman–Crippen MR) is 86.4 cm³/mol. The number of carbonyl (C=O) groups excluding carboxylic acids is 2. The van der Waals surface area contributed by atoms with E-state index in [1.807, 2.05) is 0 Å². The summed E-state index contributed by atoms with van der Waals surface area (Å²) >= 11 is 0. The van der Waals surface area contributed by atoms with Crippen LogP contribution in [0.4, 0.5) is 0 Å². The maximum Gasteiger partial charge on any atom is 0.330 e. The van der Waals surface area contributed by atoms with Crippen molar-refractivity contribution in [3.63, 3.8) is 0 Å². The molecule has 0 N–H and O–H groups in total. The van der Waals surface area contributed by atoms with Gasteiger partial charge in [-0.1, -0.05) is 13.2 Å². The molecule has 4 nitrogen and oxygen atoms in total. The molecule has 0 amide bonds. The summed E-state index contributed by atoms with van der Waals surface area (Å²) < 4.78 is 10.5. The van der Waals surface area contributed by atoms with E-state index in [0.29, 0.717) is 30.5 Å². The van der Waals surface area contributed by atoms with E-state index in [0.717, 1.165) is 24.7 Å². The first-order valence-electron chi connectivity index (χ1n) is 8.64. The van der Waals surface area contributed by atoms with Gasteiger partial charge in [0.2, 0.25) is 0 Å². The largest absolute Gasteiger partial charge is 0.463 e. The minimum Gasteiger partial charge on any atom is -0.463 e. The molecule has 0 radical (unpaired) electrons. The zero-order chi connectivity index (χ0) is 16.4. The lowest BCUT2D eigenvalue weighted by Gasteiger charge is -2.45. The molecule has 4 heteroatoms. The van der Waals surface area contributed by atoms with Crippen molar-refractivity contribution in [2.75, 3.05) is 13.2 Å². The molecule has 3 saturated carbocycles. The first-order chi connectivity index (χ1) is 11.1. The van der Waals surface area contributed by atoms with Crippen LogP contribution in [-0.4, -0.2) is 25.2 Å². The van der Waals surface area contributed by atoms with Crippen LogP contribution in [0.3, 0.4) is 0 Å². The number of fused-ring (bicyclic) bond motifs is 3. The topological polar surface area (TPSA) is 52.6 Å². The van der Waals surface area contributed by atoms with Gasteiger partial charge >= 0.3 is 11.9 Å². The van der Waals surface area contributed by atoms with Gasteiger partial charge in [-0.3, -0.25) is 0 Å². The van der Waals surface area contributed by atoms with Crippen molar-refractivity contribution in [2.24, 2.45) is 29.1 Å². The molecule has 0 heterocycles. The van der Waals surface area contributed by atoms with Crippen molar-refractivity contribution >= 4 is 11.9 Å². The summed E-state index contributed by atoms with van der Waals surface area (Å²) in [5.74, 6) is 2.07. The zero-order valence-electron chi connectivity index (χ0n) is 13.7. The van der Waals surface area contributed by atoms with Crippen molar-refractivity contribution in [1.82, 2.24) is 0 Å². The van der Waals surface area contributed by atoms with E-state index < -0.39 is 0 Å². The quantitative estimate of drug-likeness (QED) is 0.534. The lowest BCUT2D eigenvalue weighted by Crippen LogP contribution is -2.37. The van der Waals surface area contributed by atoms with E-state index in [1.165, 1.54) is 37.8 Å². The first-order valence-corrected chi connectivity index (χ1v) is 8.64. The summed E-state index contributed by atoms with van der Waals surface area (Å²) in [5, 5.41) is 0. The third-order valence-electron chi connectivity index (χ3n) is 6.29. The Balaban J connectivity index is 1.55. The first kappa shape index (κ1) is 16.3. The Bertz CT molecular complexity index is 507. The molecule has 0 saturated heterocycles. The van der Waals surface area contributed by atoms with E-state index in [2.05, 4.69) is 13.2 Å². The lowest BCUT2D eigenvalue weighted by atomic mass is 9.61. The minimum absolute atomic E-state index is 0.321. The van der Waals surface area contributed by atoms with Gasteiger partial charge in [0.05, 0.1) is 13.2 Å². The Morgan fingerprint density at radius 2 is 1.65 bits per heavy atom. The Labute approximate surface area is 137 Å². The Kier molecular flexibility index (Phi) is 4.60. The van der Waals surface area contributed by atoms with Crippen molar-refractivity contribution in [3.8, 4) is 0 Å². The molecule has 0 aromatic rings. The van der Waals surface area contributed by atoms with Crippen LogP contribution in [0, 0.1) is 29.1 Å². The monoisotopic (exact) mass is 318 g/mol. The molecule has 3 aliphatic rings. The second-order valence-electron chi connectivity index (χ2n) is 7.52. The number of hydrogen-bond acceptors (Lipinski definition) is 4. The minimum atomic E-state index is -0.332. The van der Waals surface area contributed by atoms with Crippen LogP contribution in [0.1, 0.15) is 38.5 Å². The van der Waals surface area contributed by atoms with Gasteiger partial charge in [0.25, 0.3) is 0 Å². The van der Waals surface area contributed by atoms with Crippen molar-refractivity contribution in [2.45, 2.75) is 38.5 Å². The summed E-state index contributed by atoms with van der Waals surface area (Å²) in [4.78, 5) is 22.5. The van der Waals surface area contributed by atoms with Gasteiger partial charge in [0.1, 0.15) is 0 Å². The van der Waals surface area contributed by atoms with Gasteiger partial charge in [0.15, 0.2) is 0 Å². The van der Waals surface area contributed by atoms with Gasteiger partial charge in [-0.2, -0.15) is 0 Å². The average Bonchev–Trinajstić information content (AvgIpc) is 3.01. The molecule has 3 bridgehead atoms. The van der Waals surface area contributed by atoms with E-state index in [-0.39, 0.29) is 11.9 Å². The molecule has 3 rings (SSSR count). The highest BCUT2D eigenvalue weighted by molar-refractivity contribution is 5.81. The van der Waals surface area contributed by atoms with Crippen LogP contribution >= 0.6 is 0 Å². The Morgan fingerprint density at radius 3 is 2.35 bits per heavy atom. The van der Waals surface area contributed by atoms with Crippen LogP contribution in [0.5, 0.6) is 0 Å². The van der Waals surface area contributed by atoms with Crippen molar-refractivity contribution in [1.29, 1.82) is 0 Å². The van der Waals surface area contributed by atoms with Gasteiger partial charge < -0.3 is 9.47 Å². The molecule has 3 aliphatic carbocycles. The maximum absolute atomic E-state index is 11.3. The highest BCUT2D eigenvalue weighted by Crippen LogP contribution is 2.67. The normalized spacial score (nSPS) is 37.2. The number of ether oxygens (including phenoxy) is 2. The molecule has 126 valence electrons.